The Morgan fingerprint density at radius 2 is 2.00 bits per heavy atom. The predicted molar refractivity (Wildman–Crippen MR) is 105 cm³/mol. The number of nitrogens with zero attached hydrogens (tertiary/aromatic N) is 2. The van der Waals surface area contributed by atoms with Gasteiger partial charge in [0.1, 0.15) is 5.75 Å². The lowest BCUT2D eigenvalue weighted by atomic mass is 10.2. The molecule has 0 aliphatic carbocycles. The molecular formula is C19H19BrN2O2S. The first-order valence-corrected chi connectivity index (χ1v) is 9.76. The predicted octanol–water partition coefficient (Wildman–Crippen LogP) is 4.92. The molecule has 2 aromatic carbocycles. The Kier molecular flexibility index (Phi) is 5.71. The number of unbranched alkanes of at least 4 members (excludes halogenated alkanes) is 1. The zero-order valence-electron chi connectivity index (χ0n) is 14.2. The standard InChI is InChI=1S/C19H19BrN2O2S/c1-3-4-11-24-15-8-5-13(6-9-15)18(23)21-19-22(2)16-10-7-14(20)12-17(16)25-19/h5-10,12H,3-4,11H2,1-2H3. The molecule has 0 saturated heterocycles. The van der Waals surface area contributed by atoms with Crippen molar-refractivity contribution in [3.8, 4) is 5.75 Å². The first kappa shape index (κ1) is 17.9. The van der Waals surface area contributed by atoms with Gasteiger partial charge in [-0.25, -0.2) is 0 Å². The van der Waals surface area contributed by atoms with E-state index in [-0.39, 0.29) is 5.91 Å². The lowest BCUT2D eigenvalue weighted by Gasteiger charge is -2.05. The van der Waals surface area contributed by atoms with Gasteiger partial charge in [-0.15, -0.1) is 0 Å². The van der Waals surface area contributed by atoms with Gasteiger partial charge in [0.05, 0.1) is 16.8 Å². The van der Waals surface area contributed by atoms with E-state index in [0.29, 0.717) is 17.0 Å². The number of aryl methyl sites for hydroxylation is 1. The minimum atomic E-state index is -0.249. The van der Waals surface area contributed by atoms with Crippen LogP contribution in [0.25, 0.3) is 10.2 Å². The number of fused-ring (bicyclic) bond motifs is 1. The number of rotatable bonds is 5. The Balaban J connectivity index is 1.84. The van der Waals surface area contributed by atoms with Crippen LogP contribution in [0.15, 0.2) is 51.9 Å². The van der Waals surface area contributed by atoms with Crippen LogP contribution < -0.4 is 9.54 Å². The second kappa shape index (κ2) is 7.97. The molecule has 0 spiro atoms. The van der Waals surface area contributed by atoms with Crippen LogP contribution in [0.4, 0.5) is 0 Å². The quantitative estimate of drug-likeness (QED) is 0.551. The Bertz CT molecular complexity index is 958. The van der Waals surface area contributed by atoms with E-state index >= 15 is 0 Å². The molecule has 25 heavy (non-hydrogen) atoms. The summed E-state index contributed by atoms with van der Waals surface area (Å²) in [5.74, 6) is 0.531. The fourth-order valence-corrected chi connectivity index (χ4v) is 3.96. The van der Waals surface area contributed by atoms with Crippen LogP contribution in [-0.4, -0.2) is 17.1 Å². The van der Waals surface area contributed by atoms with Crippen molar-refractivity contribution in [2.45, 2.75) is 19.8 Å². The van der Waals surface area contributed by atoms with Crippen molar-refractivity contribution in [2.75, 3.05) is 6.61 Å². The number of amides is 1. The van der Waals surface area contributed by atoms with E-state index in [1.807, 2.05) is 41.9 Å². The summed E-state index contributed by atoms with van der Waals surface area (Å²) in [4.78, 5) is 17.4. The summed E-state index contributed by atoms with van der Waals surface area (Å²) in [6, 6.07) is 13.2. The van der Waals surface area contributed by atoms with Crippen LogP contribution in [-0.2, 0) is 7.05 Å². The topological polar surface area (TPSA) is 43.6 Å². The lowest BCUT2D eigenvalue weighted by molar-refractivity contribution is 0.0998. The van der Waals surface area contributed by atoms with Gasteiger partial charge in [0.25, 0.3) is 5.91 Å². The SMILES string of the molecule is CCCCOc1ccc(C(=O)N=c2sc3cc(Br)ccc3n2C)cc1. The fraction of sp³-hybridized carbons (Fsp3) is 0.263. The van der Waals surface area contributed by atoms with Crippen LogP contribution in [0.2, 0.25) is 0 Å². The summed E-state index contributed by atoms with van der Waals surface area (Å²) < 4.78 is 9.66. The van der Waals surface area contributed by atoms with E-state index < -0.39 is 0 Å². The molecule has 1 amide bonds. The molecule has 6 heteroatoms. The molecule has 0 saturated carbocycles. The number of halogens is 1. The Labute approximate surface area is 158 Å². The maximum atomic E-state index is 12.5. The lowest BCUT2D eigenvalue weighted by Crippen LogP contribution is -2.13. The second-order valence-electron chi connectivity index (χ2n) is 5.70. The van der Waals surface area contributed by atoms with E-state index in [2.05, 4.69) is 27.8 Å². The molecule has 0 aliphatic rings. The van der Waals surface area contributed by atoms with Crippen molar-refractivity contribution in [2.24, 2.45) is 12.0 Å². The van der Waals surface area contributed by atoms with E-state index in [1.165, 1.54) is 11.3 Å². The Morgan fingerprint density at radius 1 is 1.24 bits per heavy atom. The van der Waals surface area contributed by atoms with Gasteiger partial charge in [-0.1, -0.05) is 40.6 Å². The van der Waals surface area contributed by atoms with Gasteiger partial charge in [0, 0.05) is 17.1 Å². The molecule has 0 unspecified atom stereocenters. The van der Waals surface area contributed by atoms with Crippen molar-refractivity contribution >= 4 is 43.4 Å². The summed E-state index contributed by atoms with van der Waals surface area (Å²) in [6.07, 6.45) is 2.12. The van der Waals surface area contributed by atoms with Crippen molar-refractivity contribution in [1.29, 1.82) is 0 Å². The highest BCUT2D eigenvalue weighted by molar-refractivity contribution is 9.10. The van der Waals surface area contributed by atoms with Crippen molar-refractivity contribution < 1.29 is 9.53 Å². The van der Waals surface area contributed by atoms with E-state index in [4.69, 9.17) is 4.74 Å². The summed E-state index contributed by atoms with van der Waals surface area (Å²) in [6.45, 7) is 2.82. The average molecular weight is 419 g/mol. The third kappa shape index (κ3) is 4.19. The number of carbonyl (C=O) groups excluding carboxylic acids is 1. The van der Waals surface area contributed by atoms with Gasteiger partial charge >= 0.3 is 0 Å². The molecule has 3 aromatic rings. The minimum Gasteiger partial charge on any atom is -0.494 e. The summed E-state index contributed by atoms with van der Waals surface area (Å²) >= 11 is 4.97. The van der Waals surface area contributed by atoms with E-state index in [1.54, 1.807) is 12.1 Å². The molecule has 0 atom stereocenters. The summed E-state index contributed by atoms with van der Waals surface area (Å²) in [5, 5.41) is 0. The minimum absolute atomic E-state index is 0.249. The maximum absolute atomic E-state index is 12.5. The number of carbonyl (C=O) groups is 1. The molecule has 130 valence electrons. The number of ether oxygens (including phenoxy) is 1. The summed E-state index contributed by atoms with van der Waals surface area (Å²) in [7, 11) is 1.92. The molecular weight excluding hydrogens is 400 g/mol. The first-order chi connectivity index (χ1) is 12.1. The zero-order chi connectivity index (χ0) is 17.8. The highest BCUT2D eigenvalue weighted by atomic mass is 79.9. The fourth-order valence-electron chi connectivity index (χ4n) is 2.39. The highest BCUT2D eigenvalue weighted by Crippen LogP contribution is 2.21. The number of hydrogen-bond donors (Lipinski definition) is 0. The molecule has 0 bridgehead atoms. The van der Waals surface area contributed by atoms with Crippen LogP contribution in [0.1, 0.15) is 30.1 Å². The molecule has 1 heterocycles. The van der Waals surface area contributed by atoms with E-state index in [9.17, 15) is 4.79 Å². The van der Waals surface area contributed by atoms with Crippen molar-refractivity contribution in [1.82, 2.24) is 4.57 Å². The van der Waals surface area contributed by atoms with Gasteiger partial charge < -0.3 is 9.30 Å². The third-order valence-corrected chi connectivity index (χ3v) is 5.42. The van der Waals surface area contributed by atoms with Gasteiger partial charge in [0.2, 0.25) is 0 Å². The molecule has 0 N–H and O–H groups in total. The average Bonchev–Trinajstić information content (AvgIpc) is 2.90. The first-order valence-electron chi connectivity index (χ1n) is 8.15. The molecule has 0 aliphatic heterocycles. The molecule has 0 fully saturated rings. The van der Waals surface area contributed by atoms with Crippen LogP contribution in [0.3, 0.4) is 0 Å². The number of benzene rings is 2. The van der Waals surface area contributed by atoms with Gasteiger partial charge in [-0.05, 0) is 48.9 Å². The monoisotopic (exact) mass is 418 g/mol. The van der Waals surface area contributed by atoms with Gasteiger partial charge in [0.15, 0.2) is 4.80 Å². The smallest absolute Gasteiger partial charge is 0.279 e. The summed E-state index contributed by atoms with van der Waals surface area (Å²) in [5.41, 5.74) is 1.61. The molecule has 1 aromatic heterocycles. The Morgan fingerprint density at radius 3 is 2.72 bits per heavy atom. The molecule has 4 nitrogen and oxygen atoms in total. The van der Waals surface area contributed by atoms with Crippen LogP contribution in [0.5, 0.6) is 5.75 Å². The molecule has 0 radical (unpaired) electrons. The van der Waals surface area contributed by atoms with Crippen LogP contribution in [0, 0.1) is 0 Å². The maximum Gasteiger partial charge on any atom is 0.279 e. The van der Waals surface area contributed by atoms with Gasteiger partial charge in [-0.2, -0.15) is 4.99 Å². The largest absolute Gasteiger partial charge is 0.494 e. The van der Waals surface area contributed by atoms with Crippen LogP contribution >= 0.6 is 27.3 Å². The number of hydrogen-bond acceptors (Lipinski definition) is 3. The van der Waals surface area contributed by atoms with E-state index in [0.717, 1.165) is 33.3 Å². The normalized spacial score (nSPS) is 11.9. The molecule has 3 rings (SSSR count). The third-order valence-electron chi connectivity index (χ3n) is 3.84. The highest BCUT2D eigenvalue weighted by Gasteiger charge is 2.08. The Hall–Kier alpha value is -1.92. The zero-order valence-corrected chi connectivity index (χ0v) is 16.6. The van der Waals surface area contributed by atoms with Crippen molar-refractivity contribution in [3.05, 3.63) is 57.3 Å². The second-order valence-corrected chi connectivity index (χ2v) is 7.62. The van der Waals surface area contributed by atoms with Gasteiger partial charge in [-0.3, -0.25) is 4.79 Å². The number of aromatic nitrogens is 1. The number of thiazole rings is 1. The van der Waals surface area contributed by atoms with Crippen molar-refractivity contribution in [3.63, 3.8) is 0 Å².